The largest absolute Gasteiger partial charge is 0.299 e. The Kier molecular flexibility index (Phi) is 6.08. The lowest BCUT2D eigenvalue weighted by Crippen LogP contribution is -2.13. The van der Waals surface area contributed by atoms with Gasteiger partial charge < -0.3 is 0 Å². The number of carbonyl (C=O) groups excluding carboxylic acids is 1. The third-order valence-corrected chi connectivity index (χ3v) is 3.99. The lowest BCUT2D eigenvalue weighted by atomic mass is 9.82. The molecule has 16 heavy (non-hydrogen) atoms. The molecule has 0 spiro atoms. The highest BCUT2D eigenvalue weighted by Crippen LogP contribution is 2.30. The molecule has 1 rings (SSSR count). The van der Waals surface area contributed by atoms with E-state index in [2.05, 4.69) is 6.92 Å². The zero-order valence-corrected chi connectivity index (χ0v) is 11.3. The van der Waals surface area contributed by atoms with Gasteiger partial charge in [-0.1, -0.05) is 52.9 Å². The number of ketones is 1. The highest BCUT2D eigenvalue weighted by atomic mass is 16.1. The number of hydrogen-bond acceptors (Lipinski definition) is 1. The van der Waals surface area contributed by atoms with Gasteiger partial charge in [0.2, 0.25) is 0 Å². The maximum absolute atomic E-state index is 11.5. The summed E-state index contributed by atoms with van der Waals surface area (Å²) in [7, 11) is 0. The molecule has 0 N–H and O–H groups in total. The van der Waals surface area contributed by atoms with Crippen LogP contribution in [0.2, 0.25) is 0 Å². The van der Waals surface area contributed by atoms with E-state index in [0.29, 0.717) is 5.78 Å². The van der Waals surface area contributed by atoms with Gasteiger partial charge in [-0.25, -0.2) is 0 Å². The van der Waals surface area contributed by atoms with Crippen molar-refractivity contribution in [3.8, 4) is 0 Å². The lowest BCUT2D eigenvalue weighted by molar-refractivity contribution is -0.122. The average molecular weight is 224 g/mol. The molecule has 1 heteroatoms. The summed E-state index contributed by atoms with van der Waals surface area (Å²) in [6.07, 6.45) is 10.4. The summed E-state index contributed by atoms with van der Waals surface area (Å²) in [6.45, 7) is 6.34. The molecule has 1 fully saturated rings. The average Bonchev–Trinajstić information content (AvgIpc) is 2.27. The quantitative estimate of drug-likeness (QED) is 0.644. The van der Waals surface area contributed by atoms with E-state index >= 15 is 0 Å². The van der Waals surface area contributed by atoms with Crippen molar-refractivity contribution in [2.24, 2.45) is 17.8 Å². The Balaban J connectivity index is 2.14. The molecular weight excluding hydrogens is 196 g/mol. The molecule has 94 valence electrons. The lowest BCUT2D eigenvalue weighted by Gasteiger charge is -2.24. The van der Waals surface area contributed by atoms with Crippen LogP contribution in [0, 0.1) is 17.8 Å². The molecule has 0 bridgehead atoms. The Hall–Kier alpha value is -0.330. The normalized spacial score (nSPS) is 20.0. The molecule has 0 amide bonds. The van der Waals surface area contributed by atoms with Crippen LogP contribution in [0.1, 0.15) is 72.1 Å². The minimum Gasteiger partial charge on any atom is -0.299 e. The van der Waals surface area contributed by atoms with E-state index < -0.39 is 0 Å². The zero-order chi connectivity index (χ0) is 12.0. The Bertz CT molecular complexity index is 201. The van der Waals surface area contributed by atoms with E-state index in [0.717, 1.165) is 24.7 Å². The zero-order valence-electron chi connectivity index (χ0n) is 11.3. The minimum absolute atomic E-state index is 0.224. The van der Waals surface area contributed by atoms with Crippen molar-refractivity contribution < 1.29 is 4.79 Å². The molecule has 0 aliphatic heterocycles. The Morgan fingerprint density at radius 3 is 2.31 bits per heavy atom. The number of carbonyl (C=O) groups is 1. The number of hydrogen-bond donors (Lipinski definition) is 0. The molecule has 1 unspecified atom stereocenters. The Morgan fingerprint density at radius 2 is 1.75 bits per heavy atom. The molecule has 1 atom stereocenters. The molecule has 0 radical (unpaired) electrons. The van der Waals surface area contributed by atoms with Crippen LogP contribution >= 0.6 is 0 Å². The first-order valence-corrected chi connectivity index (χ1v) is 7.12. The molecule has 1 saturated carbocycles. The van der Waals surface area contributed by atoms with E-state index in [-0.39, 0.29) is 5.92 Å². The highest BCUT2D eigenvalue weighted by molar-refractivity contribution is 5.80. The van der Waals surface area contributed by atoms with E-state index in [1.807, 2.05) is 13.8 Å². The van der Waals surface area contributed by atoms with Gasteiger partial charge in [-0.05, 0) is 24.7 Å². The molecule has 0 aromatic heterocycles. The van der Waals surface area contributed by atoms with Crippen molar-refractivity contribution in [3.05, 3.63) is 0 Å². The van der Waals surface area contributed by atoms with Crippen LogP contribution in [0.15, 0.2) is 0 Å². The maximum atomic E-state index is 11.5. The standard InChI is InChI=1S/C15H28O/c1-12(2)15(16)10-9-13(3)11-14-7-5-4-6-8-14/h12-14H,4-11H2,1-3H3. The summed E-state index contributed by atoms with van der Waals surface area (Å²) in [5, 5.41) is 0. The van der Waals surface area contributed by atoms with Crippen LogP contribution in [0.4, 0.5) is 0 Å². The summed E-state index contributed by atoms with van der Waals surface area (Å²) in [4.78, 5) is 11.5. The number of Topliss-reactive ketones (excluding diaryl/α,β-unsaturated/α-hetero) is 1. The van der Waals surface area contributed by atoms with E-state index in [1.165, 1.54) is 38.5 Å². The van der Waals surface area contributed by atoms with Gasteiger partial charge in [0.25, 0.3) is 0 Å². The molecule has 0 aromatic rings. The molecule has 1 nitrogen and oxygen atoms in total. The van der Waals surface area contributed by atoms with Crippen molar-refractivity contribution in [2.75, 3.05) is 0 Å². The predicted octanol–water partition coefficient (Wildman–Crippen LogP) is 4.60. The molecule has 1 aliphatic carbocycles. The van der Waals surface area contributed by atoms with Crippen molar-refractivity contribution in [2.45, 2.75) is 72.1 Å². The summed E-state index contributed by atoms with van der Waals surface area (Å²) < 4.78 is 0. The predicted molar refractivity (Wildman–Crippen MR) is 69.4 cm³/mol. The van der Waals surface area contributed by atoms with Gasteiger partial charge in [-0.2, -0.15) is 0 Å². The minimum atomic E-state index is 0.224. The first-order valence-electron chi connectivity index (χ1n) is 7.12. The van der Waals surface area contributed by atoms with Gasteiger partial charge in [0, 0.05) is 12.3 Å². The smallest absolute Gasteiger partial charge is 0.135 e. The van der Waals surface area contributed by atoms with Crippen molar-refractivity contribution >= 4 is 5.78 Å². The van der Waals surface area contributed by atoms with Gasteiger partial charge >= 0.3 is 0 Å². The third kappa shape index (κ3) is 5.14. The fourth-order valence-corrected chi connectivity index (χ4v) is 2.79. The SMILES string of the molecule is CC(CCC(=O)C(C)C)CC1CCCCC1. The molecule has 0 saturated heterocycles. The van der Waals surface area contributed by atoms with Crippen LogP contribution in [0.25, 0.3) is 0 Å². The fourth-order valence-electron chi connectivity index (χ4n) is 2.79. The third-order valence-electron chi connectivity index (χ3n) is 3.99. The van der Waals surface area contributed by atoms with Crippen LogP contribution < -0.4 is 0 Å². The van der Waals surface area contributed by atoms with E-state index in [4.69, 9.17) is 0 Å². The second kappa shape index (κ2) is 7.09. The van der Waals surface area contributed by atoms with Crippen molar-refractivity contribution in [1.82, 2.24) is 0 Å². The first kappa shape index (κ1) is 13.7. The topological polar surface area (TPSA) is 17.1 Å². The fraction of sp³-hybridized carbons (Fsp3) is 0.933. The first-order chi connectivity index (χ1) is 7.59. The van der Waals surface area contributed by atoms with Crippen LogP contribution in [-0.2, 0) is 4.79 Å². The van der Waals surface area contributed by atoms with Crippen molar-refractivity contribution in [1.29, 1.82) is 0 Å². The van der Waals surface area contributed by atoms with E-state index in [1.54, 1.807) is 0 Å². The van der Waals surface area contributed by atoms with Gasteiger partial charge in [-0.3, -0.25) is 4.79 Å². The molecule has 0 heterocycles. The van der Waals surface area contributed by atoms with Gasteiger partial charge in [0.05, 0.1) is 0 Å². The maximum Gasteiger partial charge on any atom is 0.135 e. The van der Waals surface area contributed by atoms with Gasteiger partial charge in [0.1, 0.15) is 5.78 Å². The second-order valence-corrected chi connectivity index (χ2v) is 6.00. The van der Waals surface area contributed by atoms with Crippen molar-refractivity contribution in [3.63, 3.8) is 0 Å². The van der Waals surface area contributed by atoms with E-state index in [9.17, 15) is 4.79 Å². The highest BCUT2D eigenvalue weighted by Gasteiger charge is 2.17. The summed E-state index contributed by atoms with van der Waals surface area (Å²) in [6, 6.07) is 0. The summed E-state index contributed by atoms with van der Waals surface area (Å²) >= 11 is 0. The molecular formula is C15H28O. The number of rotatable bonds is 6. The summed E-state index contributed by atoms with van der Waals surface area (Å²) in [5.74, 6) is 2.36. The van der Waals surface area contributed by atoms with Gasteiger partial charge in [-0.15, -0.1) is 0 Å². The monoisotopic (exact) mass is 224 g/mol. The second-order valence-electron chi connectivity index (χ2n) is 6.00. The van der Waals surface area contributed by atoms with Crippen LogP contribution in [-0.4, -0.2) is 5.78 Å². The Morgan fingerprint density at radius 1 is 1.12 bits per heavy atom. The summed E-state index contributed by atoms with van der Waals surface area (Å²) in [5.41, 5.74) is 0. The van der Waals surface area contributed by atoms with Gasteiger partial charge in [0.15, 0.2) is 0 Å². The Labute approximate surface area is 101 Å². The van der Waals surface area contributed by atoms with Crippen LogP contribution in [0.3, 0.4) is 0 Å². The molecule has 0 aromatic carbocycles. The van der Waals surface area contributed by atoms with Crippen LogP contribution in [0.5, 0.6) is 0 Å². The molecule has 1 aliphatic rings.